The third kappa shape index (κ3) is 7.32. The van der Waals surface area contributed by atoms with Gasteiger partial charge in [-0.05, 0) is 49.2 Å². The molecular formula is C23H28Cl2FN3O4S. The first-order valence-electron chi connectivity index (χ1n) is 10.7. The van der Waals surface area contributed by atoms with E-state index in [2.05, 4.69) is 5.32 Å². The minimum Gasteiger partial charge on any atom is -0.357 e. The number of carbonyl (C=O) groups is 2. The Hall–Kier alpha value is -2.36. The number of hydrogen-bond donors (Lipinski definition) is 1. The molecule has 0 aliphatic carbocycles. The molecule has 1 atom stereocenters. The van der Waals surface area contributed by atoms with Gasteiger partial charge in [0.1, 0.15) is 11.9 Å². The molecule has 186 valence electrons. The molecule has 1 N–H and O–H groups in total. The molecule has 0 radical (unpaired) electrons. The molecule has 0 aliphatic heterocycles. The van der Waals surface area contributed by atoms with Crippen LogP contribution in [0, 0.1) is 5.82 Å². The van der Waals surface area contributed by atoms with Gasteiger partial charge in [-0.3, -0.25) is 13.9 Å². The van der Waals surface area contributed by atoms with Crippen LogP contribution in [0.5, 0.6) is 0 Å². The maximum atomic E-state index is 13.3. The Morgan fingerprint density at radius 3 is 2.18 bits per heavy atom. The van der Waals surface area contributed by atoms with Crippen molar-refractivity contribution < 1.29 is 22.4 Å². The Balaban J connectivity index is 2.23. The molecule has 2 rings (SSSR count). The molecule has 0 saturated carbocycles. The lowest BCUT2D eigenvalue weighted by atomic mass is 10.1. The van der Waals surface area contributed by atoms with Gasteiger partial charge in [0, 0.05) is 42.2 Å². The van der Waals surface area contributed by atoms with Gasteiger partial charge in [-0.25, -0.2) is 12.8 Å². The maximum absolute atomic E-state index is 13.3. The average molecular weight is 532 g/mol. The van der Waals surface area contributed by atoms with Crippen molar-refractivity contribution in [1.29, 1.82) is 0 Å². The molecule has 34 heavy (non-hydrogen) atoms. The zero-order valence-corrected chi connectivity index (χ0v) is 21.6. The van der Waals surface area contributed by atoms with Crippen molar-refractivity contribution in [2.24, 2.45) is 0 Å². The second-order valence-corrected chi connectivity index (χ2v) is 10.4. The third-order valence-corrected chi connectivity index (χ3v) is 7.19. The maximum Gasteiger partial charge on any atom is 0.242 e. The molecule has 2 aromatic rings. The summed E-state index contributed by atoms with van der Waals surface area (Å²) in [6.07, 6.45) is 1.56. The Kier molecular flexibility index (Phi) is 10.1. The van der Waals surface area contributed by atoms with Crippen LogP contribution in [0.2, 0.25) is 10.0 Å². The highest BCUT2D eigenvalue weighted by Crippen LogP contribution is 2.27. The topological polar surface area (TPSA) is 86.8 Å². The van der Waals surface area contributed by atoms with E-state index in [9.17, 15) is 22.4 Å². The molecule has 1 unspecified atom stereocenters. The first-order valence-corrected chi connectivity index (χ1v) is 13.3. The van der Waals surface area contributed by atoms with E-state index in [0.29, 0.717) is 27.7 Å². The minimum atomic E-state index is -3.66. The van der Waals surface area contributed by atoms with Gasteiger partial charge in [0.2, 0.25) is 21.8 Å². The molecule has 2 amide bonds. The summed E-state index contributed by atoms with van der Waals surface area (Å²) in [4.78, 5) is 27.1. The largest absolute Gasteiger partial charge is 0.357 e. The standard InChI is InChI=1S/C23H28Cl2FN3O4S/c1-4-21(23(31)27-2)28(15-18-19(24)7-5-8-20(18)25)22(30)9-6-14-29(34(3,32)33)17-12-10-16(26)11-13-17/h5,7-8,10-13,21H,4,6,9,14-15H2,1-3H3,(H,27,31). The van der Waals surface area contributed by atoms with Crippen LogP contribution in [0.3, 0.4) is 0 Å². The predicted octanol–water partition coefficient (Wildman–Crippen LogP) is 4.23. The number of rotatable bonds is 11. The van der Waals surface area contributed by atoms with Gasteiger partial charge in [-0.2, -0.15) is 0 Å². The monoisotopic (exact) mass is 531 g/mol. The summed E-state index contributed by atoms with van der Waals surface area (Å²) in [5.74, 6) is -1.16. The SMILES string of the molecule is CCC(C(=O)NC)N(Cc1c(Cl)cccc1Cl)C(=O)CCCN(c1ccc(F)cc1)S(C)(=O)=O. The normalized spacial score (nSPS) is 12.2. The smallest absolute Gasteiger partial charge is 0.242 e. The first kappa shape index (κ1) is 27.9. The van der Waals surface area contributed by atoms with Gasteiger partial charge < -0.3 is 10.2 Å². The average Bonchev–Trinajstić information content (AvgIpc) is 2.78. The van der Waals surface area contributed by atoms with Gasteiger partial charge in [-0.15, -0.1) is 0 Å². The van der Waals surface area contributed by atoms with E-state index in [1.807, 2.05) is 0 Å². The van der Waals surface area contributed by atoms with Crippen molar-refractivity contribution in [2.75, 3.05) is 24.2 Å². The van der Waals surface area contributed by atoms with Gasteiger partial charge >= 0.3 is 0 Å². The summed E-state index contributed by atoms with van der Waals surface area (Å²) in [6.45, 7) is 1.82. The van der Waals surface area contributed by atoms with Crippen LogP contribution < -0.4 is 9.62 Å². The third-order valence-electron chi connectivity index (χ3n) is 5.29. The Morgan fingerprint density at radius 1 is 1.09 bits per heavy atom. The van der Waals surface area contributed by atoms with Crippen LogP contribution in [-0.2, 0) is 26.2 Å². The Bertz CT molecular complexity index is 1090. The van der Waals surface area contributed by atoms with Crippen LogP contribution in [-0.4, -0.2) is 51.0 Å². The fraction of sp³-hybridized carbons (Fsp3) is 0.391. The van der Waals surface area contributed by atoms with Crippen molar-refractivity contribution in [3.05, 3.63) is 63.9 Å². The van der Waals surface area contributed by atoms with Crippen LogP contribution >= 0.6 is 23.2 Å². The highest BCUT2D eigenvalue weighted by molar-refractivity contribution is 7.92. The summed E-state index contributed by atoms with van der Waals surface area (Å²) in [6, 6.07) is 9.30. The van der Waals surface area contributed by atoms with Crippen LogP contribution in [0.4, 0.5) is 10.1 Å². The van der Waals surface area contributed by atoms with Crippen molar-refractivity contribution in [3.63, 3.8) is 0 Å². The number of carbonyl (C=O) groups excluding carboxylic acids is 2. The quantitative estimate of drug-likeness (QED) is 0.469. The number of amides is 2. The molecule has 7 nitrogen and oxygen atoms in total. The van der Waals surface area contributed by atoms with E-state index in [4.69, 9.17) is 23.2 Å². The van der Waals surface area contributed by atoms with Crippen LogP contribution in [0.1, 0.15) is 31.7 Å². The van der Waals surface area contributed by atoms with E-state index in [1.54, 1.807) is 25.1 Å². The van der Waals surface area contributed by atoms with Crippen molar-refractivity contribution in [3.8, 4) is 0 Å². The van der Waals surface area contributed by atoms with E-state index < -0.39 is 21.9 Å². The van der Waals surface area contributed by atoms with Gasteiger partial charge in [0.25, 0.3) is 0 Å². The molecule has 0 heterocycles. The van der Waals surface area contributed by atoms with Crippen molar-refractivity contribution in [2.45, 2.75) is 38.8 Å². The number of sulfonamides is 1. The Labute approximate surface area is 209 Å². The molecule has 2 aromatic carbocycles. The number of anilines is 1. The number of nitrogens with zero attached hydrogens (tertiary/aromatic N) is 2. The summed E-state index contributed by atoms with van der Waals surface area (Å²) in [5, 5.41) is 3.31. The number of benzene rings is 2. The van der Waals surface area contributed by atoms with Gasteiger partial charge in [-0.1, -0.05) is 36.2 Å². The number of nitrogens with one attached hydrogen (secondary N) is 1. The molecule has 0 bridgehead atoms. The zero-order valence-electron chi connectivity index (χ0n) is 19.2. The second kappa shape index (κ2) is 12.4. The number of hydrogen-bond acceptors (Lipinski definition) is 4. The minimum absolute atomic E-state index is 0.00760. The van der Waals surface area contributed by atoms with Gasteiger partial charge in [0.05, 0.1) is 11.9 Å². The molecule has 0 saturated heterocycles. The molecule has 0 spiro atoms. The molecule has 0 fully saturated rings. The lowest BCUT2D eigenvalue weighted by molar-refractivity contribution is -0.141. The fourth-order valence-corrected chi connectivity index (χ4v) is 5.03. The summed E-state index contributed by atoms with van der Waals surface area (Å²) in [5.41, 5.74) is 0.818. The number of halogens is 3. The fourth-order valence-electron chi connectivity index (χ4n) is 3.55. The van der Waals surface area contributed by atoms with E-state index in [-0.39, 0.29) is 37.7 Å². The first-order chi connectivity index (χ1) is 16.0. The summed E-state index contributed by atoms with van der Waals surface area (Å²) < 4.78 is 38.9. The van der Waals surface area contributed by atoms with Gasteiger partial charge in [0.15, 0.2) is 0 Å². The molecule has 0 aromatic heterocycles. The van der Waals surface area contributed by atoms with E-state index in [0.717, 1.165) is 10.6 Å². The van der Waals surface area contributed by atoms with Crippen LogP contribution in [0.15, 0.2) is 42.5 Å². The molecule has 0 aliphatic rings. The lowest BCUT2D eigenvalue weighted by Gasteiger charge is -2.31. The molecular weight excluding hydrogens is 504 g/mol. The Morgan fingerprint density at radius 2 is 1.68 bits per heavy atom. The highest BCUT2D eigenvalue weighted by atomic mass is 35.5. The highest BCUT2D eigenvalue weighted by Gasteiger charge is 2.29. The predicted molar refractivity (Wildman–Crippen MR) is 133 cm³/mol. The summed E-state index contributed by atoms with van der Waals surface area (Å²) >= 11 is 12.6. The van der Waals surface area contributed by atoms with Crippen molar-refractivity contribution in [1.82, 2.24) is 10.2 Å². The molecule has 11 heteroatoms. The van der Waals surface area contributed by atoms with Crippen LogP contribution in [0.25, 0.3) is 0 Å². The summed E-state index contributed by atoms with van der Waals surface area (Å²) in [7, 11) is -2.17. The van der Waals surface area contributed by atoms with E-state index in [1.165, 1.54) is 36.2 Å². The lowest BCUT2D eigenvalue weighted by Crippen LogP contribution is -2.48. The zero-order chi connectivity index (χ0) is 25.5. The second-order valence-electron chi connectivity index (χ2n) is 7.68. The van der Waals surface area contributed by atoms with Crippen molar-refractivity contribution >= 4 is 50.7 Å². The number of likely N-dealkylation sites (N-methyl/N-ethyl adjacent to an activating group) is 1. The van der Waals surface area contributed by atoms with E-state index >= 15 is 0 Å².